The molecule has 12 nitrogen and oxygen atoms in total. The van der Waals surface area contributed by atoms with Gasteiger partial charge >= 0.3 is 0 Å². The molecule has 0 radical (unpaired) electrons. The van der Waals surface area contributed by atoms with E-state index >= 15 is 0 Å². The van der Waals surface area contributed by atoms with Gasteiger partial charge in [0.25, 0.3) is 23.5 Å². The van der Waals surface area contributed by atoms with Crippen molar-refractivity contribution in [3.05, 3.63) is 82.0 Å². The molecule has 0 atom stereocenters. The number of H-pyrrole nitrogens is 1. The van der Waals surface area contributed by atoms with E-state index in [9.17, 15) is 19.2 Å². The number of nitrogens with zero attached hydrogens (tertiary/aromatic N) is 5. The first kappa shape index (κ1) is 29.4. The van der Waals surface area contributed by atoms with Crippen LogP contribution in [0.5, 0.6) is 0 Å². The molecule has 1 saturated heterocycles. The number of aliphatic imine (C=N–C) groups is 1. The lowest BCUT2D eigenvalue weighted by atomic mass is 10.1. The number of ketones is 1. The van der Waals surface area contributed by atoms with E-state index in [2.05, 4.69) is 25.3 Å². The first-order valence-electron chi connectivity index (χ1n) is 13.9. The Bertz CT molecular complexity index is 1710. The Morgan fingerprint density at radius 1 is 0.953 bits per heavy atom. The number of piperazine rings is 1. The molecule has 3 aromatic rings. The second kappa shape index (κ2) is 12.0. The van der Waals surface area contributed by atoms with Crippen molar-refractivity contribution >= 4 is 41.2 Å². The summed E-state index contributed by atoms with van der Waals surface area (Å²) >= 11 is 0. The highest BCUT2D eigenvalue weighted by atomic mass is 16.5. The van der Waals surface area contributed by atoms with Crippen LogP contribution >= 0.6 is 0 Å². The van der Waals surface area contributed by atoms with E-state index in [1.54, 1.807) is 35.4 Å². The van der Waals surface area contributed by atoms with Crippen molar-refractivity contribution in [1.29, 1.82) is 0 Å². The number of benzene rings is 1. The zero-order valence-corrected chi connectivity index (χ0v) is 24.5. The standard InChI is InChI=1S/C31H33N7O5/c1-31(2,3)36-28(40)22-18-33-21(17-34-22)25-26-24(23(43-4)10-11-32-25)20(16-35-26)27(39)30(42)38-14-12-37(13-15-38)29(41)19-8-6-5-7-9-19/h5-9,11,16-18,35H,10,12-15H2,1-4H3,(H,36,40). The van der Waals surface area contributed by atoms with Gasteiger partial charge in [0.05, 0.1) is 35.6 Å². The summed E-state index contributed by atoms with van der Waals surface area (Å²) in [6, 6.07) is 8.96. The summed E-state index contributed by atoms with van der Waals surface area (Å²) in [7, 11) is 1.49. The minimum atomic E-state index is -0.698. The molecule has 0 saturated carbocycles. The summed E-state index contributed by atoms with van der Waals surface area (Å²) in [5, 5.41) is 3.71. The Balaban J connectivity index is 1.40. The highest BCUT2D eigenvalue weighted by molar-refractivity contribution is 6.42. The van der Waals surface area contributed by atoms with Crippen molar-refractivity contribution < 1.29 is 23.9 Å². The third-order valence-corrected chi connectivity index (χ3v) is 7.07. The molecule has 2 aromatic heterocycles. The van der Waals surface area contributed by atoms with Gasteiger partial charge in [0.1, 0.15) is 22.8 Å². The summed E-state index contributed by atoms with van der Waals surface area (Å²) in [5.41, 5.74) is 1.20. The average molecular weight is 584 g/mol. The zero-order valence-electron chi connectivity index (χ0n) is 24.5. The minimum absolute atomic E-state index is 0.108. The molecule has 222 valence electrons. The van der Waals surface area contributed by atoms with Crippen molar-refractivity contribution in [2.45, 2.75) is 32.7 Å². The van der Waals surface area contributed by atoms with Gasteiger partial charge in [-0.05, 0) is 32.9 Å². The third-order valence-electron chi connectivity index (χ3n) is 7.07. The maximum atomic E-state index is 13.6. The van der Waals surface area contributed by atoms with Crippen LogP contribution in [0.4, 0.5) is 0 Å². The van der Waals surface area contributed by atoms with E-state index in [1.165, 1.54) is 30.6 Å². The number of hydrogen-bond acceptors (Lipinski definition) is 8. The van der Waals surface area contributed by atoms with Gasteiger partial charge in [-0.15, -0.1) is 0 Å². The van der Waals surface area contributed by atoms with Crippen LogP contribution in [-0.4, -0.2) is 93.3 Å². The number of rotatable bonds is 6. The molecule has 2 N–H and O–H groups in total. The number of nitrogens with one attached hydrogen (secondary N) is 2. The van der Waals surface area contributed by atoms with Gasteiger partial charge in [0, 0.05) is 56.1 Å². The van der Waals surface area contributed by atoms with Crippen LogP contribution in [0.1, 0.15) is 64.1 Å². The van der Waals surface area contributed by atoms with Gasteiger partial charge in [0.15, 0.2) is 0 Å². The molecular weight excluding hydrogens is 550 g/mol. The van der Waals surface area contributed by atoms with Crippen molar-refractivity contribution in [3.63, 3.8) is 0 Å². The molecule has 2 aliphatic heterocycles. The fraction of sp³-hybridized carbons (Fsp3) is 0.323. The molecule has 0 unspecified atom stereocenters. The van der Waals surface area contributed by atoms with Crippen molar-refractivity contribution in [3.8, 4) is 0 Å². The number of ether oxygens (including phenoxy) is 1. The molecule has 12 heteroatoms. The topological polar surface area (TPSA) is 150 Å². The molecular formula is C31H33N7O5. The van der Waals surface area contributed by atoms with Crippen LogP contribution in [0.2, 0.25) is 0 Å². The number of aromatic amines is 1. The van der Waals surface area contributed by atoms with Gasteiger partial charge in [0.2, 0.25) is 0 Å². The number of hydrogen-bond donors (Lipinski definition) is 2. The van der Waals surface area contributed by atoms with Crippen LogP contribution in [0.3, 0.4) is 0 Å². The number of carbonyl (C=O) groups is 4. The summed E-state index contributed by atoms with van der Waals surface area (Å²) in [6.07, 6.45) is 6.18. The lowest BCUT2D eigenvalue weighted by Gasteiger charge is -2.34. The lowest BCUT2D eigenvalue weighted by molar-refractivity contribution is -0.127. The Morgan fingerprint density at radius 3 is 2.28 bits per heavy atom. The van der Waals surface area contributed by atoms with Crippen molar-refractivity contribution in [2.75, 3.05) is 33.3 Å². The lowest BCUT2D eigenvalue weighted by Crippen LogP contribution is -2.52. The summed E-state index contributed by atoms with van der Waals surface area (Å²) in [6.45, 7) is 6.73. The number of aromatic nitrogens is 3. The number of Topliss-reactive ketones (excluding diaryl/α,β-unsaturated/α-hetero) is 1. The average Bonchev–Trinajstić information content (AvgIpc) is 3.35. The van der Waals surface area contributed by atoms with Crippen molar-refractivity contribution in [2.24, 2.45) is 4.99 Å². The molecule has 5 rings (SSSR count). The van der Waals surface area contributed by atoms with Gasteiger partial charge in [-0.1, -0.05) is 18.2 Å². The molecule has 0 aliphatic carbocycles. The van der Waals surface area contributed by atoms with Crippen LogP contribution in [0.25, 0.3) is 11.5 Å². The molecule has 1 aromatic carbocycles. The molecule has 4 heterocycles. The maximum absolute atomic E-state index is 13.6. The van der Waals surface area contributed by atoms with E-state index < -0.39 is 17.2 Å². The molecule has 3 amide bonds. The van der Waals surface area contributed by atoms with Gasteiger partial charge in [-0.2, -0.15) is 0 Å². The second-order valence-electron chi connectivity index (χ2n) is 11.2. The van der Waals surface area contributed by atoms with Gasteiger partial charge in [-0.3, -0.25) is 29.2 Å². The summed E-state index contributed by atoms with van der Waals surface area (Å²) in [4.78, 5) is 71.7. The van der Waals surface area contributed by atoms with Gasteiger partial charge < -0.3 is 24.8 Å². The Kier molecular flexibility index (Phi) is 8.20. The van der Waals surface area contributed by atoms with Gasteiger partial charge in [-0.25, -0.2) is 4.98 Å². The van der Waals surface area contributed by atoms with Crippen LogP contribution in [-0.2, 0) is 9.53 Å². The minimum Gasteiger partial charge on any atom is -0.500 e. The number of amides is 3. The molecule has 43 heavy (non-hydrogen) atoms. The molecule has 0 spiro atoms. The van der Waals surface area contributed by atoms with Crippen LogP contribution < -0.4 is 15.9 Å². The first-order valence-corrected chi connectivity index (χ1v) is 13.9. The third kappa shape index (κ3) is 6.22. The predicted molar refractivity (Wildman–Crippen MR) is 159 cm³/mol. The molecule has 1 fully saturated rings. The SMILES string of the molecule is COC1=c2c(C(=O)C(=O)N3CCN(C(=O)c4ccccc4)CC3)c[nH]c2=C(c2cnc(C(=O)NC(C)(C)C)cn2)N=CC1. The second-order valence-corrected chi connectivity index (χ2v) is 11.2. The van der Waals surface area contributed by atoms with E-state index in [1.807, 2.05) is 26.8 Å². The van der Waals surface area contributed by atoms with Crippen molar-refractivity contribution in [1.82, 2.24) is 30.1 Å². The Hall–Kier alpha value is -5.13. The fourth-order valence-corrected chi connectivity index (χ4v) is 4.95. The Morgan fingerprint density at radius 2 is 1.65 bits per heavy atom. The smallest absolute Gasteiger partial charge is 0.295 e. The maximum Gasteiger partial charge on any atom is 0.295 e. The van der Waals surface area contributed by atoms with E-state index in [-0.39, 0.29) is 42.6 Å². The van der Waals surface area contributed by atoms with E-state index in [0.717, 1.165) is 0 Å². The molecule has 2 aliphatic rings. The number of fused-ring (bicyclic) bond motifs is 1. The van der Waals surface area contributed by atoms with E-state index in [4.69, 9.17) is 4.74 Å². The largest absolute Gasteiger partial charge is 0.500 e. The summed E-state index contributed by atoms with van der Waals surface area (Å²) < 4.78 is 5.62. The van der Waals surface area contributed by atoms with Crippen LogP contribution in [0, 0.1) is 0 Å². The monoisotopic (exact) mass is 583 g/mol. The quantitative estimate of drug-likeness (QED) is 0.323. The highest BCUT2D eigenvalue weighted by Crippen LogP contribution is 2.14. The number of methoxy groups -OCH3 is 1. The normalized spacial score (nSPS) is 15.1. The highest BCUT2D eigenvalue weighted by Gasteiger charge is 2.31. The zero-order chi connectivity index (χ0) is 30.7. The number of carbonyl (C=O) groups excluding carboxylic acids is 4. The predicted octanol–water partition coefficient (Wildman–Crippen LogP) is 0.886. The summed E-state index contributed by atoms with van der Waals surface area (Å²) in [5.74, 6) is -1.36. The first-order chi connectivity index (χ1) is 20.6. The molecule has 0 bridgehead atoms. The Labute approximate surface area is 248 Å². The van der Waals surface area contributed by atoms with Crippen LogP contribution in [0.15, 0.2) is 53.9 Å². The fourth-order valence-electron chi connectivity index (χ4n) is 4.95. The van der Waals surface area contributed by atoms with E-state index in [0.29, 0.717) is 46.4 Å².